The van der Waals surface area contributed by atoms with Crippen molar-refractivity contribution in [2.45, 2.75) is 26.2 Å². The molecule has 0 aromatic heterocycles. The summed E-state index contributed by atoms with van der Waals surface area (Å²) in [5, 5.41) is 2.75. The highest BCUT2D eigenvalue weighted by Crippen LogP contribution is 2.34. The first kappa shape index (κ1) is 9.65. The number of benzene rings is 2. The van der Waals surface area contributed by atoms with Gasteiger partial charge in [-0.3, -0.25) is 0 Å². The predicted octanol–water partition coefficient (Wildman–Crippen LogP) is 4.67. The predicted molar refractivity (Wildman–Crippen MR) is 70.8 cm³/mol. The van der Waals surface area contributed by atoms with Crippen molar-refractivity contribution >= 4 is 16.8 Å². The smallest absolute Gasteiger partial charge is 0.0106 e. The largest absolute Gasteiger partial charge is 0.0833 e. The molecular weight excluding hydrogens is 192 g/mol. The van der Waals surface area contributed by atoms with Gasteiger partial charge in [-0.15, -0.1) is 0 Å². The van der Waals surface area contributed by atoms with Crippen molar-refractivity contribution in [3.63, 3.8) is 0 Å². The summed E-state index contributed by atoms with van der Waals surface area (Å²) in [7, 11) is 0. The van der Waals surface area contributed by atoms with E-state index in [0.29, 0.717) is 5.92 Å². The normalized spacial score (nSPS) is 18.8. The van der Waals surface area contributed by atoms with Crippen LogP contribution in [0.3, 0.4) is 0 Å². The van der Waals surface area contributed by atoms with Gasteiger partial charge >= 0.3 is 0 Å². The van der Waals surface area contributed by atoms with Crippen LogP contribution in [-0.4, -0.2) is 0 Å². The molecular formula is C16H16. The van der Waals surface area contributed by atoms with Gasteiger partial charge in [-0.2, -0.15) is 0 Å². The topological polar surface area (TPSA) is 0 Å². The minimum atomic E-state index is 0.657. The van der Waals surface area contributed by atoms with Crippen LogP contribution < -0.4 is 0 Å². The first-order chi connectivity index (χ1) is 7.75. The molecule has 0 aliphatic heterocycles. The van der Waals surface area contributed by atoms with Crippen molar-refractivity contribution < 1.29 is 0 Å². The molecule has 0 N–H and O–H groups in total. The zero-order valence-corrected chi connectivity index (χ0v) is 9.83. The van der Waals surface area contributed by atoms with E-state index in [-0.39, 0.29) is 0 Å². The maximum Gasteiger partial charge on any atom is -0.0106 e. The lowest BCUT2D eigenvalue weighted by atomic mass is 9.85. The molecule has 1 atom stereocenters. The lowest BCUT2D eigenvalue weighted by Gasteiger charge is -2.19. The fourth-order valence-electron chi connectivity index (χ4n) is 2.61. The number of fused-ring (bicyclic) bond motifs is 3. The van der Waals surface area contributed by atoms with Gasteiger partial charge in [-0.05, 0) is 41.2 Å². The number of hydrogen-bond donors (Lipinski definition) is 0. The van der Waals surface area contributed by atoms with E-state index >= 15 is 0 Å². The molecule has 0 heterocycles. The molecule has 1 aliphatic carbocycles. The van der Waals surface area contributed by atoms with E-state index in [2.05, 4.69) is 56.3 Å². The summed E-state index contributed by atoms with van der Waals surface area (Å²) in [4.78, 5) is 0. The van der Waals surface area contributed by atoms with Crippen molar-refractivity contribution in [2.24, 2.45) is 0 Å². The number of aryl methyl sites for hydroxylation is 1. The maximum atomic E-state index is 2.31. The average Bonchev–Trinajstić information content (AvgIpc) is 2.29. The molecule has 1 aliphatic rings. The van der Waals surface area contributed by atoms with Crippen molar-refractivity contribution in [1.82, 2.24) is 0 Å². The molecule has 0 spiro atoms. The maximum absolute atomic E-state index is 2.31. The standard InChI is InChI=1S/C16H16/c1-11-6-7-13-8-9-14-12(2)4-3-5-15(14)16(13)10-11/h3,5-10,12H,4H2,1-2H3. The second-order valence-electron chi connectivity index (χ2n) is 4.83. The summed E-state index contributed by atoms with van der Waals surface area (Å²) in [6.07, 6.45) is 5.76. The zero-order valence-electron chi connectivity index (χ0n) is 9.83. The van der Waals surface area contributed by atoms with E-state index in [1.54, 1.807) is 0 Å². The van der Waals surface area contributed by atoms with E-state index in [4.69, 9.17) is 0 Å². The number of rotatable bonds is 0. The van der Waals surface area contributed by atoms with Gasteiger partial charge in [0, 0.05) is 0 Å². The Morgan fingerprint density at radius 1 is 1.12 bits per heavy atom. The van der Waals surface area contributed by atoms with Crippen molar-refractivity contribution in [1.29, 1.82) is 0 Å². The molecule has 0 fully saturated rings. The van der Waals surface area contributed by atoms with Crippen LogP contribution in [0, 0.1) is 6.92 Å². The Bertz CT molecular complexity index is 576. The van der Waals surface area contributed by atoms with Crippen LogP contribution in [0.2, 0.25) is 0 Å². The van der Waals surface area contributed by atoms with Crippen molar-refractivity contribution in [2.75, 3.05) is 0 Å². The van der Waals surface area contributed by atoms with Gasteiger partial charge in [0.05, 0.1) is 0 Å². The Labute approximate surface area is 96.6 Å². The lowest BCUT2D eigenvalue weighted by molar-refractivity contribution is 0.773. The van der Waals surface area contributed by atoms with Crippen LogP contribution in [0.25, 0.3) is 16.8 Å². The Morgan fingerprint density at radius 2 is 1.94 bits per heavy atom. The molecule has 2 aromatic rings. The van der Waals surface area contributed by atoms with Crippen LogP contribution in [0.4, 0.5) is 0 Å². The Morgan fingerprint density at radius 3 is 2.81 bits per heavy atom. The summed E-state index contributed by atoms with van der Waals surface area (Å²) >= 11 is 0. The van der Waals surface area contributed by atoms with Crippen LogP contribution in [0.5, 0.6) is 0 Å². The highest BCUT2D eigenvalue weighted by molar-refractivity contribution is 5.93. The minimum absolute atomic E-state index is 0.657. The third-order valence-corrected chi connectivity index (χ3v) is 3.56. The summed E-state index contributed by atoms with van der Waals surface area (Å²) in [6, 6.07) is 11.3. The van der Waals surface area contributed by atoms with E-state index in [1.165, 1.54) is 33.9 Å². The number of hydrogen-bond acceptors (Lipinski definition) is 0. The zero-order chi connectivity index (χ0) is 11.1. The number of allylic oxidation sites excluding steroid dienone is 1. The molecule has 0 nitrogen and oxygen atoms in total. The first-order valence-electron chi connectivity index (χ1n) is 5.95. The molecule has 0 saturated heterocycles. The second kappa shape index (κ2) is 3.48. The van der Waals surface area contributed by atoms with Crippen LogP contribution in [-0.2, 0) is 0 Å². The summed E-state index contributed by atoms with van der Waals surface area (Å²) in [5.74, 6) is 0.657. The van der Waals surface area contributed by atoms with Gasteiger partial charge in [0.1, 0.15) is 0 Å². The molecule has 2 aromatic carbocycles. The van der Waals surface area contributed by atoms with E-state index in [9.17, 15) is 0 Å². The molecule has 0 bridgehead atoms. The monoisotopic (exact) mass is 208 g/mol. The fraction of sp³-hybridized carbons (Fsp3) is 0.250. The molecule has 0 saturated carbocycles. The molecule has 0 amide bonds. The molecule has 3 rings (SSSR count). The SMILES string of the molecule is Cc1ccc2ccc3c(c2c1)C=CCC3C. The van der Waals surface area contributed by atoms with Crippen molar-refractivity contribution in [3.05, 3.63) is 53.1 Å². The lowest BCUT2D eigenvalue weighted by Crippen LogP contribution is -2.00. The van der Waals surface area contributed by atoms with Gasteiger partial charge in [0.15, 0.2) is 0 Å². The summed E-state index contributed by atoms with van der Waals surface area (Å²) in [6.45, 7) is 4.47. The van der Waals surface area contributed by atoms with E-state index < -0.39 is 0 Å². The van der Waals surface area contributed by atoms with Crippen LogP contribution in [0.1, 0.15) is 36.0 Å². The average molecular weight is 208 g/mol. The summed E-state index contributed by atoms with van der Waals surface area (Å²) in [5.41, 5.74) is 4.27. The Hall–Kier alpha value is -1.56. The molecule has 80 valence electrons. The first-order valence-corrected chi connectivity index (χ1v) is 5.95. The quantitative estimate of drug-likeness (QED) is 0.590. The molecule has 1 unspecified atom stereocenters. The van der Waals surface area contributed by atoms with Crippen LogP contribution in [0.15, 0.2) is 36.4 Å². The van der Waals surface area contributed by atoms with E-state index in [0.717, 1.165) is 0 Å². The van der Waals surface area contributed by atoms with E-state index in [1.807, 2.05) is 0 Å². The fourth-order valence-corrected chi connectivity index (χ4v) is 2.61. The van der Waals surface area contributed by atoms with Crippen LogP contribution >= 0.6 is 0 Å². The Kier molecular flexibility index (Phi) is 2.10. The Balaban J connectivity index is 2.39. The van der Waals surface area contributed by atoms with Crippen molar-refractivity contribution in [3.8, 4) is 0 Å². The third kappa shape index (κ3) is 1.37. The van der Waals surface area contributed by atoms with Gasteiger partial charge in [0.25, 0.3) is 0 Å². The molecule has 0 heteroatoms. The van der Waals surface area contributed by atoms with Gasteiger partial charge in [-0.1, -0.05) is 55.0 Å². The summed E-state index contributed by atoms with van der Waals surface area (Å²) < 4.78 is 0. The molecule has 0 radical (unpaired) electrons. The molecule has 16 heavy (non-hydrogen) atoms. The van der Waals surface area contributed by atoms with Gasteiger partial charge < -0.3 is 0 Å². The highest BCUT2D eigenvalue weighted by atomic mass is 14.2. The highest BCUT2D eigenvalue weighted by Gasteiger charge is 2.14. The minimum Gasteiger partial charge on any atom is -0.0833 e. The van der Waals surface area contributed by atoms with Gasteiger partial charge in [0.2, 0.25) is 0 Å². The second-order valence-corrected chi connectivity index (χ2v) is 4.83. The third-order valence-electron chi connectivity index (χ3n) is 3.56. The van der Waals surface area contributed by atoms with Gasteiger partial charge in [-0.25, -0.2) is 0 Å².